The van der Waals surface area contributed by atoms with E-state index in [1.807, 2.05) is 13.8 Å². The van der Waals surface area contributed by atoms with E-state index < -0.39 is 17.8 Å². The molecule has 2 heterocycles. The van der Waals surface area contributed by atoms with E-state index >= 15 is 0 Å². The summed E-state index contributed by atoms with van der Waals surface area (Å²) in [5.41, 5.74) is -0.516. The predicted molar refractivity (Wildman–Crippen MR) is 98.3 cm³/mol. The van der Waals surface area contributed by atoms with E-state index in [1.165, 1.54) is 0 Å². The number of rotatable bonds is 4. The molecule has 0 aliphatic rings. The second-order valence-corrected chi connectivity index (χ2v) is 7.02. The van der Waals surface area contributed by atoms with Crippen molar-refractivity contribution in [2.24, 2.45) is 0 Å². The minimum atomic E-state index is -4.65. The van der Waals surface area contributed by atoms with Crippen LogP contribution < -0.4 is 5.32 Å². The highest BCUT2D eigenvalue weighted by atomic mass is 79.9. The number of hydrogen-bond donors (Lipinski definition) is 1. The van der Waals surface area contributed by atoms with Gasteiger partial charge in [0.15, 0.2) is 11.3 Å². The number of halogens is 4. The van der Waals surface area contributed by atoms with Crippen molar-refractivity contribution in [2.45, 2.75) is 32.5 Å². The van der Waals surface area contributed by atoms with Gasteiger partial charge in [-0.05, 0) is 31.5 Å². The second kappa shape index (κ2) is 7.30. The van der Waals surface area contributed by atoms with Gasteiger partial charge in [-0.3, -0.25) is 4.79 Å². The Morgan fingerprint density at radius 3 is 2.56 bits per heavy atom. The Kier molecular flexibility index (Phi) is 5.23. The van der Waals surface area contributed by atoms with Crippen LogP contribution in [0.5, 0.6) is 0 Å². The Morgan fingerprint density at radius 2 is 1.96 bits per heavy atom. The van der Waals surface area contributed by atoms with E-state index in [1.54, 1.807) is 24.3 Å². The van der Waals surface area contributed by atoms with Gasteiger partial charge in [-0.25, -0.2) is 9.50 Å². The van der Waals surface area contributed by atoms with E-state index in [4.69, 9.17) is 0 Å². The summed E-state index contributed by atoms with van der Waals surface area (Å²) in [4.78, 5) is 16.7. The van der Waals surface area contributed by atoms with E-state index in [9.17, 15) is 18.0 Å². The Morgan fingerprint density at radius 1 is 1.30 bits per heavy atom. The highest BCUT2D eigenvalue weighted by Gasteiger charge is 2.36. The first-order chi connectivity index (χ1) is 12.7. The minimum absolute atomic E-state index is 0.000221. The summed E-state index contributed by atoms with van der Waals surface area (Å²) in [5.74, 6) is -0.507. The second-order valence-electron chi connectivity index (χ2n) is 6.11. The minimum Gasteiger partial charge on any atom is -0.349 e. The van der Waals surface area contributed by atoms with Crippen molar-refractivity contribution in [1.82, 2.24) is 19.9 Å². The molecule has 142 valence electrons. The molecule has 1 unspecified atom stereocenters. The molecule has 0 radical (unpaired) electrons. The van der Waals surface area contributed by atoms with Gasteiger partial charge in [-0.2, -0.15) is 18.3 Å². The maximum absolute atomic E-state index is 13.6. The Hall–Kier alpha value is -2.42. The summed E-state index contributed by atoms with van der Waals surface area (Å²) in [6, 6.07) is 7.53. The van der Waals surface area contributed by atoms with Crippen LogP contribution in [0, 0.1) is 0 Å². The average Bonchev–Trinajstić information content (AvgIpc) is 3.04. The van der Waals surface area contributed by atoms with Crippen molar-refractivity contribution in [3.8, 4) is 11.3 Å². The van der Waals surface area contributed by atoms with Crippen molar-refractivity contribution in [3.05, 3.63) is 52.3 Å². The molecule has 2 aromatic heterocycles. The molecule has 1 amide bonds. The highest BCUT2D eigenvalue weighted by Crippen LogP contribution is 2.33. The van der Waals surface area contributed by atoms with Crippen LogP contribution in [-0.2, 0) is 6.18 Å². The molecule has 0 bridgehead atoms. The van der Waals surface area contributed by atoms with Gasteiger partial charge in [-0.15, -0.1) is 0 Å². The fourth-order valence-electron chi connectivity index (χ4n) is 2.50. The molecule has 0 aliphatic heterocycles. The van der Waals surface area contributed by atoms with Crippen LogP contribution in [0.15, 0.2) is 41.0 Å². The van der Waals surface area contributed by atoms with Gasteiger partial charge in [0.25, 0.3) is 5.91 Å². The lowest BCUT2D eigenvalue weighted by Crippen LogP contribution is -2.32. The third-order valence-corrected chi connectivity index (χ3v) is 4.67. The number of benzene rings is 1. The molecule has 1 aromatic carbocycles. The number of fused-ring (bicyclic) bond motifs is 1. The summed E-state index contributed by atoms with van der Waals surface area (Å²) in [5, 5.41) is 6.48. The Balaban J connectivity index is 2.19. The Bertz CT molecular complexity index is 983. The molecule has 0 spiro atoms. The smallest absolute Gasteiger partial charge is 0.349 e. The van der Waals surface area contributed by atoms with Crippen LogP contribution in [-0.4, -0.2) is 26.5 Å². The SMILES string of the molecule is CCC(C)NC(=O)c1cnn2c(C(F)(F)F)cc(-c3ccc(Br)cc3)nc12. The number of carbonyl (C=O) groups is 1. The molecule has 1 atom stereocenters. The van der Waals surface area contributed by atoms with Crippen molar-refractivity contribution in [1.29, 1.82) is 0 Å². The molecular formula is C18H16BrF3N4O. The molecule has 0 saturated carbocycles. The molecular weight excluding hydrogens is 425 g/mol. The fourth-order valence-corrected chi connectivity index (χ4v) is 2.76. The molecule has 3 rings (SSSR count). The predicted octanol–water partition coefficient (Wildman–Crippen LogP) is 4.71. The lowest BCUT2D eigenvalue weighted by molar-refractivity contribution is -0.142. The number of alkyl halides is 3. The molecule has 0 fully saturated rings. The first-order valence-electron chi connectivity index (χ1n) is 8.23. The number of hydrogen-bond acceptors (Lipinski definition) is 3. The van der Waals surface area contributed by atoms with Gasteiger partial charge < -0.3 is 5.32 Å². The topological polar surface area (TPSA) is 59.3 Å². The van der Waals surface area contributed by atoms with E-state index in [0.29, 0.717) is 16.5 Å². The maximum Gasteiger partial charge on any atom is 0.433 e. The van der Waals surface area contributed by atoms with Crippen molar-refractivity contribution in [3.63, 3.8) is 0 Å². The van der Waals surface area contributed by atoms with Crippen LogP contribution in [0.1, 0.15) is 36.3 Å². The van der Waals surface area contributed by atoms with Gasteiger partial charge >= 0.3 is 6.18 Å². The molecule has 27 heavy (non-hydrogen) atoms. The summed E-state index contributed by atoms with van der Waals surface area (Å²) >= 11 is 3.29. The van der Waals surface area contributed by atoms with Gasteiger partial charge in [0.2, 0.25) is 0 Å². The maximum atomic E-state index is 13.6. The standard InChI is InChI=1S/C18H16BrF3N4O/c1-3-10(2)24-17(27)13-9-23-26-15(18(20,21)22)8-14(25-16(13)26)11-4-6-12(19)7-5-11/h4-10H,3H2,1-2H3,(H,24,27). The number of amides is 1. The molecule has 5 nitrogen and oxygen atoms in total. The molecule has 1 N–H and O–H groups in total. The third kappa shape index (κ3) is 3.97. The van der Waals surface area contributed by atoms with Gasteiger partial charge in [0, 0.05) is 16.1 Å². The van der Waals surface area contributed by atoms with Gasteiger partial charge in [-0.1, -0.05) is 35.0 Å². The molecule has 0 aliphatic carbocycles. The number of carbonyl (C=O) groups excluding carboxylic acids is 1. The summed E-state index contributed by atoms with van der Waals surface area (Å²) < 4.78 is 42.1. The average molecular weight is 441 g/mol. The monoisotopic (exact) mass is 440 g/mol. The van der Waals surface area contributed by atoms with E-state index in [-0.39, 0.29) is 22.9 Å². The van der Waals surface area contributed by atoms with Crippen molar-refractivity contribution in [2.75, 3.05) is 0 Å². The first-order valence-corrected chi connectivity index (χ1v) is 9.02. The highest BCUT2D eigenvalue weighted by molar-refractivity contribution is 9.10. The normalized spacial score (nSPS) is 13.0. The van der Waals surface area contributed by atoms with Crippen molar-refractivity contribution < 1.29 is 18.0 Å². The number of aromatic nitrogens is 3. The van der Waals surface area contributed by atoms with Crippen molar-refractivity contribution >= 4 is 27.5 Å². The zero-order chi connectivity index (χ0) is 19.8. The number of nitrogens with zero attached hydrogens (tertiary/aromatic N) is 3. The zero-order valence-electron chi connectivity index (χ0n) is 14.5. The van der Waals surface area contributed by atoms with Crippen LogP contribution in [0.3, 0.4) is 0 Å². The van der Waals surface area contributed by atoms with Gasteiger partial charge in [0.05, 0.1) is 11.9 Å². The largest absolute Gasteiger partial charge is 0.433 e. The third-order valence-electron chi connectivity index (χ3n) is 4.14. The molecule has 3 aromatic rings. The van der Waals surface area contributed by atoms with Crippen LogP contribution in [0.2, 0.25) is 0 Å². The first kappa shape index (κ1) is 19.3. The summed E-state index contributed by atoms with van der Waals surface area (Å²) in [6.07, 6.45) is -2.85. The van der Waals surface area contributed by atoms with E-state index in [0.717, 1.165) is 16.7 Å². The number of nitrogens with one attached hydrogen (secondary N) is 1. The summed E-state index contributed by atoms with van der Waals surface area (Å²) in [6.45, 7) is 3.71. The summed E-state index contributed by atoms with van der Waals surface area (Å²) in [7, 11) is 0. The lowest BCUT2D eigenvalue weighted by Gasteiger charge is -2.13. The van der Waals surface area contributed by atoms with Crippen LogP contribution >= 0.6 is 15.9 Å². The van der Waals surface area contributed by atoms with Crippen LogP contribution in [0.25, 0.3) is 16.9 Å². The zero-order valence-corrected chi connectivity index (χ0v) is 16.1. The molecule has 9 heteroatoms. The fraction of sp³-hybridized carbons (Fsp3) is 0.278. The lowest BCUT2D eigenvalue weighted by atomic mass is 10.1. The quantitative estimate of drug-likeness (QED) is 0.639. The Labute approximate surface area is 161 Å². The van der Waals surface area contributed by atoms with Gasteiger partial charge in [0.1, 0.15) is 5.56 Å². The molecule has 0 saturated heterocycles. The van der Waals surface area contributed by atoms with Crippen LogP contribution in [0.4, 0.5) is 13.2 Å². The van der Waals surface area contributed by atoms with E-state index in [2.05, 4.69) is 31.3 Å².